The van der Waals surface area contributed by atoms with Crippen LogP contribution in [-0.4, -0.2) is 64.0 Å². The number of carboxylic acid groups (broad SMARTS) is 2. The number of nitrogens with zero attached hydrogens (tertiary/aromatic N) is 2. The summed E-state index contributed by atoms with van der Waals surface area (Å²) in [6.07, 6.45) is 4.86. The van der Waals surface area contributed by atoms with Crippen molar-refractivity contribution in [2.45, 2.75) is 91.8 Å². The summed E-state index contributed by atoms with van der Waals surface area (Å²) in [6.45, 7) is 11.3. The number of carbonyl (C=O) groups is 5. The monoisotopic (exact) mass is 703 g/mol. The normalized spacial score (nSPS) is 13.4. The van der Waals surface area contributed by atoms with Crippen LogP contribution in [0.3, 0.4) is 0 Å². The fourth-order valence-corrected chi connectivity index (χ4v) is 4.77. The smallest absolute Gasteiger partial charge is 0.326 e. The van der Waals surface area contributed by atoms with E-state index in [-0.39, 0.29) is 49.4 Å². The molecule has 0 spiro atoms. The first-order valence-electron chi connectivity index (χ1n) is 16.6. The number of aliphatic imine (C=N–C) groups is 1. The number of hydrogen-bond acceptors (Lipinski definition) is 7. The molecule has 0 fully saturated rings. The van der Waals surface area contributed by atoms with Gasteiger partial charge >= 0.3 is 11.9 Å². The highest BCUT2D eigenvalue weighted by atomic mass is 16.4. The van der Waals surface area contributed by atoms with E-state index in [0.29, 0.717) is 16.9 Å². The van der Waals surface area contributed by atoms with E-state index in [1.807, 2.05) is 72.0 Å². The Morgan fingerprint density at radius 3 is 1.88 bits per heavy atom. The predicted molar refractivity (Wildman–Crippen MR) is 194 cm³/mol. The Bertz CT molecular complexity index is 1610. The van der Waals surface area contributed by atoms with Crippen LogP contribution in [0.1, 0.15) is 71.4 Å². The molecule has 7 N–H and O–H groups in total. The second-order valence-electron chi connectivity index (χ2n) is 13.8. The molecule has 14 nitrogen and oxygen atoms in total. The van der Waals surface area contributed by atoms with Gasteiger partial charge in [0.25, 0.3) is 0 Å². The van der Waals surface area contributed by atoms with E-state index in [1.165, 1.54) is 12.2 Å². The molecule has 0 saturated carbocycles. The highest BCUT2D eigenvalue weighted by Gasteiger charge is 2.27. The van der Waals surface area contributed by atoms with E-state index in [1.54, 1.807) is 24.3 Å². The zero-order valence-corrected chi connectivity index (χ0v) is 29.9. The minimum atomic E-state index is -1.34. The number of benzene rings is 2. The van der Waals surface area contributed by atoms with Crippen molar-refractivity contribution in [1.29, 1.82) is 5.26 Å². The van der Waals surface area contributed by atoms with Gasteiger partial charge in [-0.1, -0.05) is 76.6 Å². The van der Waals surface area contributed by atoms with Gasteiger partial charge in [0.15, 0.2) is 6.19 Å². The van der Waals surface area contributed by atoms with Crippen molar-refractivity contribution in [3.63, 3.8) is 0 Å². The number of anilines is 1. The van der Waals surface area contributed by atoms with Gasteiger partial charge in [-0.15, -0.1) is 0 Å². The van der Waals surface area contributed by atoms with E-state index in [2.05, 4.69) is 31.6 Å². The van der Waals surface area contributed by atoms with Crippen LogP contribution in [0, 0.1) is 29.7 Å². The second kappa shape index (κ2) is 20.1. The summed E-state index contributed by atoms with van der Waals surface area (Å²) < 4.78 is 0. The largest absolute Gasteiger partial charge is 0.480 e. The van der Waals surface area contributed by atoms with Crippen LogP contribution in [0.4, 0.5) is 11.4 Å². The molecule has 0 heterocycles. The van der Waals surface area contributed by atoms with Crippen LogP contribution in [-0.2, 0) is 30.4 Å². The third-order valence-corrected chi connectivity index (χ3v) is 7.24. The molecule has 0 aliphatic carbocycles. The summed E-state index contributed by atoms with van der Waals surface area (Å²) in [5, 5.41) is 41.6. The maximum absolute atomic E-state index is 13.2. The predicted octanol–water partition coefficient (Wildman–Crippen LogP) is 4.15. The molecule has 0 radical (unpaired) electrons. The number of amides is 3. The average molecular weight is 704 g/mol. The maximum Gasteiger partial charge on any atom is 0.326 e. The van der Waals surface area contributed by atoms with Gasteiger partial charge in [0.05, 0.1) is 12.1 Å². The van der Waals surface area contributed by atoms with Gasteiger partial charge in [-0.2, -0.15) is 5.26 Å². The van der Waals surface area contributed by atoms with Crippen molar-refractivity contribution in [3.8, 4) is 6.19 Å². The number of carbonyl (C=O) groups excluding carboxylic acids is 3. The zero-order chi connectivity index (χ0) is 38.1. The molecular formula is C37H49N7O7. The Labute approximate surface area is 298 Å². The molecule has 0 bridgehead atoms. The molecule has 0 aliphatic rings. The summed E-state index contributed by atoms with van der Waals surface area (Å²) >= 11 is 0. The van der Waals surface area contributed by atoms with Crippen molar-refractivity contribution in [2.75, 3.05) is 5.32 Å². The lowest BCUT2D eigenvalue weighted by Gasteiger charge is -2.22. The lowest BCUT2D eigenvalue weighted by Crippen LogP contribution is -2.52. The molecule has 14 heteroatoms. The zero-order valence-electron chi connectivity index (χ0n) is 29.9. The minimum Gasteiger partial charge on any atom is -0.480 e. The van der Waals surface area contributed by atoms with E-state index in [0.717, 1.165) is 5.56 Å². The molecule has 2 aromatic rings. The van der Waals surface area contributed by atoms with Crippen molar-refractivity contribution >= 4 is 47.0 Å². The SMILES string of the molecule is Cc1ccc(N=C(NC#N)Nc2ccc(CC(=O)NC(CC(C)C)C(=O)NC(CC=CCC(NC(=O)CC(C)(C)C)C(=O)O)C(=O)O)cc2)cc1. The molecule has 51 heavy (non-hydrogen) atoms. The van der Waals surface area contributed by atoms with Gasteiger partial charge in [-0.3, -0.25) is 19.7 Å². The number of guanidine groups is 1. The molecule has 3 amide bonds. The summed E-state index contributed by atoms with van der Waals surface area (Å²) in [5.41, 5.74) is 2.66. The molecule has 274 valence electrons. The number of nitriles is 1. The fraction of sp³-hybridized carbons (Fsp3) is 0.432. The van der Waals surface area contributed by atoms with Crippen molar-refractivity contribution < 1.29 is 34.2 Å². The first kappa shape index (κ1) is 41.5. The van der Waals surface area contributed by atoms with Crippen molar-refractivity contribution in [2.24, 2.45) is 16.3 Å². The molecule has 0 aromatic heterocycles. The number of aliphatic carboxylic acids is 2. The lowest BCUT2D eigenvalue weighted by atomic mass is 9.92. The first-order valence-corrected chi connectivity index (χ1v) is 16.6. The quantitative estimate of drug-likeness (QED) is 0.0410. The van der Waals surface area contributed by atoms with Crippen molar-refractivity contribution in [3.05, 3.63) is 71.8 Å². The van der Waals surface area contributed by atoms with Crippen LogP contribution < -0.4 is 26.6 Å². The number of rotatable bonds is 17. The van der Waals surface area contributed by atoms with E-state index < -0.39 is 47.8 Å². The van der Waals surface area contributed by atoms with E-state index in [9.17, 15) is 34.2 Å². The minimum absolute atomic E-state index is 0.00572. The van der Waals surface area contributed by atoms with Gasteiger partial charge < -0.3 is 31.5 Å². The topological polar surface area (TPSA) is 222 Å². The first-order chi connectivity index (χ1) is 23.9. The molecule has 2 aromatic carbocycles. The third kappa shape index (κ3) is 16.5. The van der Waals surface area contributed by atoms with E-state index >= 15 is 0 Å². The van der Waals surface area contributed by atoms with Crippen LogP contribution in [0.15, 0.2) is 65.7 Å². The van der Waals surface area contributed by atoms with Gasteiger partial charge in [0, 0.05) is 12.1 Å². The maximum atomic E-state index is 13.2. The Hall–Kier alpha value is -5.71. The van der Waals surface area contributed by atoms with Gasteiger partial charge in [-0.05, 0) is 67.3 Å². The molecular weight excluding hydrogens is 654 g/mol. The Kier molecular flexibility index (Phi) is 16.3. The third-order valence-electron chi connectivity index (χ3n) is 7.24. The number of hydrogen-bond donors (Lipinski definition) is 7. The summed E-state index contributed by atoms with van der Waals surface area (Å²) in [4.78, 5) is 66.4. The number of carboxylic acids is 2. The van der Waals surface area contributed by atoms with Crippen molar-refractivity contribution in [1.82, 2.24) is 21.3 Å². The van der Waals surface area contributed by atoms with E-state index in [4.69, 9.17) is 5.26 Å². The van der Waals surface area contributed by atoms with Crippen LogP contribution >= 0.6 is 0 Å². The average Bonchev–Trinajstić information content (AvgIpc) is 3.02. The number of aryl methyl sites for hydroxylation is 1. The Morgan fingerprint density at radius 1 is 0.824 bits per heavy atom. The molecule has 0 saturated heterocycles. The highest BCUT2D eigenvalue weighted by molar-refractivity contribution is 5.96. The van der Waals surface area contributed by atoms with Gasteiger partial charge in [-0.25, -0.2) is 14.6 Å². The molecule has 0 aliphatic heterocycles. The summed E-state index contributed by atoms with van der Waals surface area (Å²) in [7, 11) is 0. The Morgan fingerprint density at radius 2 is 1.37 bits per heavy atom. The van der Waals surface area contributed by atoms with Crippen LogP contribution in [0.25, 0.3) is 0 Å². The highest BCUT2D eigenvalue weighted by Crippen LogP contribution is 2.18. The standard InChI is InChI=1S/C37H49N7O7/c1-23(2)19-30(33(47)44-29(35(50)51)10-8-7-9-28(34(48)49)42-32(46)21-37(4,5)6)43-31(45)20-25-13-17-27(18-14-25)41-36(39-22-38)40-26-15-11-24(3)12-16-26/h7-8,11-18,23,28-30H,9-10,19-21H2,1-6H3,(H,42,46)(H,43,45)(H,44,47)(H,48,49)(H,50,51)(H2,39,40,41). The molecule has 2 rings (SSSR count). The molecule has 3 atom stereocenters. The second-order valence-corrected chi connectivity index (χ2v) is 13.8. The summed E-state index contributed by atoms with van der Waals surface area (Å²) in [6, 6.07) is 10.8. The summed E-state index contributed by atoms with van der Waals surface area (Å²) in [5.74, 6) is -3.83. The lowest BCUT2D eigenvalue weighted by molar-refractivity contribution is -0.142. The fourth-order valence-electron chi connectivity index (χ4n) is 4.77. The Balaban J connectivity index is 2.01. The van der Waals surface area contributed by atoms with Crippen LogP contribution in [0.2, 0.25) is 0 Å². The molecule has 3 unspecified atom stereocenters. The van der Waals surface area contributed by atoms with Gasteiger partial charge in [0.2, 0.25) is 23.7 Å². The number of nitrogens with one attached hydrogen (secondary N) is 5. The van der Waals surface area contributed by atoms with Gasteiger partial charge in [0.1, 0.15) is 18.1 Å². The van der Waals surface area contributed by atoms with Crippen LogP contribution in [0.5, 0.6) is 0 Å².